The molecule has 0 aliphatic carbocycles. The summed E-state index contributed by atoms with van der Waals surface area (Å²) in [5.74, 6) is -0.108. The Bertz CT molecular complexity index is 272. The molecule has 0 aliphatic heterocycles. The quantitative estimate of drug-likeness (QED) is 0.366. The van der Waals surface area contributed by atoms with E-state index in [1.807, 2.05) is 0 Å². The smallest absolute Gasteiger partial charge is 0.226 e. The number of hydrogen-bond acceptors (Lipinski definition) is 6. The molecule has 0 bridgehead atoms. The van der Waals surface area contributed by atoms with Crippen molar-refractivity contribution in [1.82, 2.24) is 9.80 Å². The summed E-state index contributed by atoms with van der Waals surface area (Å²) in [6.45, 7) is 0.782. The third-order valence-corrected chi connectivity index (χ3v) is 2.88. The first-order valence-electron chi connectivity index (χ1n) is 7.12. The number of ether oxygens (including phenoxy) is 4. The Kier molecular flexibility index (Phi) is 12.7. The zero-order valence-corrected chi connectivity index (χ0v) is 14.0. The summed E-state index contributed by atoms with van der Waals surface area (Å²) in [6, 6.07) is 0. The molecular formula is C14H28N2O6. The third kappa shape index (κ3) is 8.93. The number of methoxy groups -OCH3 is 4. The van der Waals surface area contributed by atoms with Crippen molar-refractivity contribution >= 4 is 11.8 Å². The van der Waals surface area contributed by atoms with E-state index in [-0.39, 0.29) is 38.7 Å². The summed E-state index contributed by atoms with van der Waals surface area (Å²) in [5.41, 5.74) is 0. The van der Waals surface area contributed by atoms with Gasteiger partial charge in [0.1, 0.15) is 26.9 Å². The number of hydrogen-bond donors (Lipinski definition) is 0. The maximum atomic E-state index is 11.9. The SMILES string of the molecule is COCN(COC)C(=O)CCCCC(=O)N(COC)COC. The van der Waals surface area contributed by atoms with Gasteiger partial charge in [-0.15, -0.1) is 0 Å². The minimum Gasteiger partial charge on any atom is -0.364 e. The second-order valence-corrected chi connectivity index (χ2v) is 4.75. The number of unbranched alkanes of at least 4 members (excludes halogenated alkanes) is 1. The lowest BCUT2D eigenvalue weighted by molar-refractivity contribution is -0.144. The monoisotopic (exact) mass is 320 g/mol. The van der Waals surface area contributed by atoms with Crippen molar-refractivity contribution in [1.29, 1.82) is 0 Å². The average Bonchev–Trinajstić information content (AvgIpc) is 2.50. The molecule has 8 nitrogen and oxygen atoms in total. The van der Waals surface area contributed by atoms with Crippen LogP contribution >= 0.6 is 0 Å². The van der Waals surface area contributed by atoms with Gasteiger partial charge in [0.25, 0.3) is 0 Å². The molecule has 0 unspecified atom stereocenters. The second kappa shape index (κ2) is 13.4. The van der Waals surface area contributed by atoms with E-state index in [0.29, 0.717) is 25.7 Å². The van der Waals surface area contributed by atoms with Gasteiger partial charge in [-0.25, -0.2) is 0 Å². The van der Waals surface area contributed by atoms with E-state index in [2.05, 4.69) is 0 Å². The molecule has 0 radical (unpaired) electrons. The van der Waals surface area contributed by atoms with Crippen LogP contribution in [0.4, 0.5) is 0 Å². The van der Waals surface area contributed by atoms with Crippen LogP contribution in [0.15, 0.2) is 0 Å². The van der Waals surface area contributed by atoms with Crippen molar-refractivity contribution in [2.24, 2.45) is 0 Å². The van der Waals surface area contributed by atoms with Gasteiger partial charge in [0, 0.05) is 41.3 Å². The minimum absolute atomic E-state index is 0.0539. The standard InChI is InChI=1S/C14H28N2O6/c1-19-9-15(10-20-2)13(17)7-5-6-8-14(18)16(11-21-3)12-22-4/h5-12H2,1-4H3. The molecule has 0 saturated carbocycles. The summed E-state index contributed by atoms with van der Waals surface area (Å²) in [6.07, 6.45) is 1.97. The van der Waals surface area contributed by atoms with Crippen LogP contribution in [0.5, 0.6) is 0 Å². The van der Waals surface area contributed by atoms with Gasteiger partial charge in [-0.2, -0.15) is 0 Å². The van der Waals surface area contributed by atoms with E-state index >= 15 is 0 Å². The molecular weight excluding hydrogens is 292 g/mol. The second-order valence-electron chi connectivity index (χ2n) is 4.75. The van der Waals surface area contributed by atoms with Crippen molar-refractivity contribution < 1.29 is 28.5 Å². The fourth-order valence-electron chi connectivity index (χ4n) is 1.85. The fraction of sp³-hybridized carbons (Fsp3) is 0.857. The first kappa shape index (κ1) is 20.8. The molecule has 0 heterocycles. The summed E-state index contributed by atoms with van der Waals surface area (Å²) in [7, 11) is 6.09. The molecule has 130 valence electrons. The number of rotatable bonds is 13. The van der Waals surface area contributed by atoms with Crippen LogP contribution < -0.4 is 0 Å². The van der Waals surface area contributed by atoms with E-state index in [0.717, 1.165) is 0 Å². The van der Waals surface area contributed by atoms with Crippen LogP contribution in [0, 0.1) is 0 Å². The first-order chi connectivity index (χ1) is 10.6. The molecule has 0 saturated heterocycles. The fourth-order valence-corrected chi connectivity index (χ4v) is 1.85. The Morgan fingerprint density at radius 2 is 0.909 bits per heavy atom. The van der Waals surface area contributed by atoms with Gasteiger partial charge < -0.3 is 18.9 Å². The van der Waals surface area contributed by atoms with E-state index in [4.69, 9.17) is 18.9 Å². The highest BCUT2D eigenvalue weighted by molar-refractivity contribution is 5.77. The van der Waals surface area contributed by atoms with Crippen LogP contribution in [0.1, 0.15) is 25.7 Å². The lowest BCUT2D eigenvalue weighted by atomic mass is 10.1. The van der Waals surface area contributed by atoms with Crippen molar-refractivity contribution in [3.63, 3.8) is 0 Å². The molecule has 0 atom stereocenters. The molecule has 2 amide bonds. The van der Waals surface area contributed by atoms with E-state index in [9.17, 15) is 9.59 Å². The Morgan fingerprint density at radius 1 is 0.636 bits per heavy atom. The van der Waals surface area contributed by atoms with Crippen molar-refractivity contribution in [3.8, 4) is 0 Å². The molecule has 0 fully saturated rings. The highest BCUT2D eigenvalue weighted by Crippen LogP contribution is 2.06. The summed E-state index contributed by atoms with van der Waals surface area (Å²) in [5, 5.41) is 0. The van der Waals surface area contributed by atoms with Crippen LogP contribution in [-0.2, 0) is 28.5 Å². The van der Waals surface area contributed by atoms with Crippen molar-refractivity contribution in [2.75, 3.05) is 55.4 Å². The topological polar surface area (TPSA) is 77.5 Å². The lowest BCUT2D eigenvalue weighted by Gasteiger charge is -2.21. The van der Waals surface area contributed by atoms with Crippen molar-refractivity contribution in [2.45, 2.75) is 25.7 Å². The predicted molar refractivity (Wildman–Crippen MR) is 79.7 cm³/mol. The van der Waals surface area contributed by atoms with Gasteiger partial charge in [-0.3, -0.25) is 19.4 Å². The summed E-state index contributed by atoms with van der Waals surface area (Å²) in [4.78, 5) is 26.8. The van der Waals surface area contributed by atoms with Crippen LogP contribution in [-0.4, -0.2) is 77.0 Å². The Labute approximate surface area is 132 Å². The number of carbonyl (C=O) groups is 2. The number of nitrogens with zero attached hydrogens (tertiary/aromatic N) is 2. The maximum Gasteiger partial charge on any atom is 0.226 e. The van der Waals surface area contributed by atoms with Gasteiger partial charge in [-0.05, 0) is 12.8 Å². The molecule has 0 aromatic rings. The van der Waals surface area contributed by atoms with E-state index in [1.54, 1.807) is 0 Å². The molecule has 8 heteroatoms. The zero-order chi connectivity index (χ0) is 16.8. The number of carbonyl (C=O) groups excluding carboxylic acids is 2. The normalized spacial score (nSPS) is 10.5. The van der Waals surface area contributed by atoms with Gasteiger partial charge in [0.15, 0.2) is 0 Å². The maximum absolute atomic E-state index is 11.9. The van der Waals surface area contributed by atoms with Gasteiger partial charge >= 0.3 is 0 Å². The molecule has 0 aromatic heterocycles. The Balaban J connectivity index is 4.03. The third-order valence-electron chi connectivity index (χ3n) is 2.88. The minimum atomic E-state index is -0.0539. The Morgan fingerprint density at radius 3 is 1.14 bits per heavy atom. The van der Waals surface area contributed by atoms with Crippen LogP contribution in [0.2, 0.25) is 0 Å². The van der Waals surface area contributed by atoms with Gasteiger partial charge in [0.05, 0.1) is 0 Å². The van der Waals surface area contributed by atoms with E-state index in [1.165, 1.54) is 38.2 Å². The summed E-state index contributed by atoms with van der Waals surface area (Å²) >= 11 is 0. The molecule has 0 rings (SSSR count). The first-order valence-corrected chi connectivity index (χ1v) is 7.12. The molecule has 0 N–H and O–H groups in total. The molecule has 22 heavy (non-hydrogen) atoms. The molecule has 0 aliphatic rings. The van der Waals surface area contributed by atoms with Crippen LogP contribution in [0.3, 0.4) is 0 Å². The highest BCUT2D eigenvalue weighted by Gasteiger charge is 2.15. The highest BCUT2D eigenvalue weighted by atomic mass is 16.5. The molecule has 0 aromatic carbocycles. The zero-order valence-electron chi connectivity index (χ0n) is 14.0. The Hall–Kier alpha value is -1.22. The number of amides is 2. The van der Waals surface area contributed by atoms with Gasteiger partial charge in [0.2, 0.25) is 11.8 Å². The lowest BCUT2D eigenvalue weighted by Crippen LogP contribution is -2.35. The van der Waals surface area contributed by atoms with Crippen LogP contribution in [0.25, 0.3) is 0 Å². The molecule has 0 spiro atoms. The average molecular weight is 320 g/mol. The van der Waals surface area contributed by atoms with Gasteiger partial charge in [-0.1, -0.05) is 0 Å². The van der Waals surface area contributed by atoms with Crippen molar-refractivity contribution in [3.05, 3.63) is 0 Å². The largest absolute Gasteiger partial charge is 0.364 e. The summed E-state index contributed by atoms with van der Waals surface area (Å²) < 4.78 is 19.8. The predicted octanol–water partition coefficient (Wildman–Crippen LogP) is 0.620. The van der Waals surface area contributed by atoms with E-state index < -0.39 is 0 Å².